The molecule has 1 saturated carbocycles. The molecule has 2 aromatic heterocycles. The number of fused-ring (bicyclic) bond motifs is 1. The van der Waals surface area contributed by atoms with Crippen LogP contribution in [0.1, 0.15) is 59.3 Å². The predicted molar refractivity (Wildman–Crippen MR) is 127 cm³/mol. The molecule has 1 aliphatic heterocycles. The van der Waals surface area contributed by atoms with E-state index in [1.807, 2.05) is 0 Å². The van der Waals surface area contributed by atoms with Gasteiger partial charge in [-0.2, -0.15) is 0 Å². The Hall–Kier alpha value is -3.00. The maximum Gasteiger partial charge on any atom is 0.310 e. The lowest BCUT2D eigenvalue weighted by molar-refractivity contribution is 0.0239. The van der Waals surface area contributed by atoms with E-state index in [0.717, 1.165) is 24.9 Å². The number of aromatic nitrogens is 3. The number of nitrogen functional groups attached to an aromatic ring is 1. The van der Waals surface area contributed by atoms with Gasteiger partial charge in [-0.05, 0) is 49.8 Å². The fourth-order valence-corrected chi connectivity index (χ4v) is 5.74. The van der Waals surface area contributed by atoms with Crippen molar-refractivity contribution >= 4 is 33.0 Å². The summed E-state index contributed by atoms with van der Waals surface area (Å²) < 4.78 is 85.6. The second kappa shape index (κ2) is 8.00. The van der Waals surface area contributed by atoms with Crippen molar-refractivity contribution in [1.82, 2.24) is 19.9 Å². The summed E-state index contributed by atoms with van der Waals surface area (Å²) in [7, 11) is -8.27. The summed E-state index contributed by atoms with van der Waals surface area (Å²) in [6.07, 6.45) is 3.64. The first kappa shape index (κ1) is 25.6. The zero-order valence-electron chi connectivity index (χ0n) is 19.7. The Morgan fingerprint density at radius 2 is 1.81 bits per heavy atom. The molecule has 1 aliphatic carbocycles. The molecule has 3 heterocycles. The number of aromatic amines is 1. The Labute approximate surface area is 208 Å². The number of nitrogens with one attached hydrogen (secondary N) is 1. The number of hydrogen-bond acceptors (Lipinski definition) is 5. The van der Waals surface area contributed by atoms with Crippen molar-refractivity contribution in [3.63, 3.8) is 0 Å². The zero-order chi connectivity index (χ0) is 26.8. The maximum absolute atomic E-state index is 14.9. The Morgan fingerprint density at radius 3 is 2.41 bits per heavy atom. The summed E-state index contributed by atoms with van der Waals surface area (Å²) >= 11 is 0. The van der Waals surface area contributed by atoms with Gasteiger partial charge in [-0.25, -0.2) is 14.4 Å². The third kappa shape index (κ3) is 4.83. The van der Waals surface area contributed by atoms with Gasteiger partial charge in [-0.15, -0.1) is 0 Å². The van der Waals surface area contributed by atoms with Crippen molar-refractivity contribution in [3.8, 4) is 0 Å². The van der Waals surface area contributed by atoms with Gasteiger partial charge < -0.3 is 20.4 Å². The second-order valence-electron chi connectivity index (χ2n) is 9.65. The summed E-state index contributed by atoms with van der Waals surface area (Å²) in [4.78, 5) is 24.0. The van der Waals surface area contributed by atoms with Crippen molar-refractivity contribution in [2.45, 2.75) is 48.5 Å². The van der Waals surface area contributed by atoms with Crippen LogP contribution < -0.4 is 5.73 Å². The van der Waals surface area contributed by atoms with Crippen LogP contribution in [0.3, 0.4) is 0 Å². The highest BCUT2D eigenvalue weighted by Gasteiger charge is 2.65. The summed E-state index contributed by atoms with van der Waals surface area (Å²) in [6, 6.07) is 0.939. The van der Waals surface area contributed by atoms with E-state index in [1.54, 1.807) is 7.11 Å². The SMILES string of the molecule is COC1CC(c2nc3ncc(F)c(C4CCN(C(=O)c5ccc(S(F)(F)(F)(F)F)cc5N)CC4)c3[nH]2)C1. The Balaban J connectivity index is 1.32. The minimum atomic E-state index is -9.92. The Bertz CT molecular complexity index is 1380. The molecule has 0 spiro atoms. The average molecular weight is 550 g/mol. The van der Waals surface area contributed by atoms with E-state index in [-0.39, 0.29) is 48.7 Å². The minimum absolute atomic E-state index is 0.0946. The van der Waals surface area contributed by atoms with Crippen LogP contribution in [0.15, 0.2) is 29.3 Å². The van der Waals surface area contributed by atoms with Crippen molar-refractivity contribution < 1.29 is 33.4 Å². The van der Waals surface area contributed by atoms with Crippen LogP contribution >= 0.6 is 10.2 Å². The number of imidazole rings is 1. The third-order valence-corrected chi connectivity index (χ3v) is 8.38. The van der Waals surface area contributed by atoms with E-state index in [2.05, 4.69) is 15.0 Å². The highest BCUT2D eigenvalue weighted by molar-refractivity contribution is 8.45. The van der Waals surface area contributed by atoms with Crippen LogP contribution in [0.4, 0.5) is 29.5 Å². The number of anilines is 1. The van der Waals surface area contributed by atoms with Crippen LogP contribution in [0.2, 0.25) is 0 Å². The monoisotopic (exact) mass is 549 g/mol. The molecule has 1 saturated heterocycles. The molecule has 202 valence electrons. The highest BCUT2D eigenvalue weighted by atomic mass is 32.5. The topological polar surface area (TPSA) is 97.1 Å². The summed E-state index contributed by atoms with van der Waals surface area (Å²) in [5, 5.41) is 0. The highest BCUT2D eigenvalue weighted by Crippen LogP contribution is 3.02. The molecule has 5 rings (SSSR count). The Kier molecular flexibility index (Phi) is 5.54. The Morgan fingerprint density at radius 1 is 1.14 bits per heavy atom. The molecular weight excluding hydrogens is 524 g/mol. The molecule has 0 bridgehead atoms. The van der Waals surface area contributed by atoms with E-state index in [0.29, 0.717) is 35.6 Å². The standard InChI is InChI=1S/C23H25F6N5O2S/c1-36-14-8-13(9-14)21-32-20-19(17(24)11-31-22(20)33-21)12-4-6-34(7-5-12)23(35)16-3-2-15(10-18(16)30)37(25,26,27,28)29/h2-3,10-14H,4-9,30H2,1H3,(H,31,32,33). The predicted octanol–water partition coefficient (Wildman–Crippen LogP) is 6.25. The second-order valence-corrected chi connectivity index (χ2v) is 12.1. The number of benzene rings is 1. The lowest BCUT2D eigenvalue weighted by atomic mass is 9.82. The molecule has 3 aromatic rings. The van der Waals surface area contributed by atoms with Crippen molar-refractivity contribution in [1.29, 1.82) is 0 Å². The van der Waals surface area contributed by atoms with Gasteiger partial charge >= 0.3 is 10.2 Å². The lowest BCUT2D eigenvalue weighted by Crippen LogP contribution is -2.38. The third-order valence-electron chi connectivity index (χ3n) is 7.23. The van der Waals surface area contributed by atoms with Gasteiger partial charge in [0, 0.05) is 37.4 Å². The summed E-state index contributed by atoms with van der Waals surface area (Å²) in [5.41, 5.74) is 5.93. The van der Waals surface area contributed by atoms with E-state index in [4.69, 9.17) is 10.5 Å². The normalized spacial score (nSPS) is 22.9. The number of likely N-dealkylation sites (tertiary alicyclic amines) is 1. The molecule has 1 aromatic carbocycles. The number of amides is 1. The van der Waals surface area contributed by atoms with Gasteiger partial charge in [-0.3, -0.25) is 4.79 Å². The van der Waals surface area contributed by atoms with Crippen molar-refractivity contribution in [2.24, 2.45) is 0 Å². The van der Waals surface area contributed by atoms with E-state index in [9.17, 15) is 28.6 Å². The molecule has 2 fully saturated rings. The molecule has 0 atom stereocenters. The van der Waals surface area contributed by atoms with Crippen LogP contribution in [-0.4, -0.2) is 52.1 Å². The number of hydrogen-bond donors (Lipinski definition) is 2. The van der Waals surface area contributed by atoms with Gasteiger partial charge in [0.25, 0.3) is 5.91 Å². The zero-order valence-corrected chi connectivity index (χ0v) is 20.5. The number of nitrogens with two attached hydrogens (primary N) is 1. The molecule has 37 heavy (non-hydrogen) atoms. The summed E-state index contributed by atoms with van der Waals surface area (Å²) in [5.74, 6) is -0.534. The fourth-order valence-electron chi connectivity index (χ4n) is 5.06. The molecule has 14 heteroatoms. The molecule has 0 radical (unpaired) electrons. The van der Waals surface area contributed by atoms with E-state index < -0.39 is 32.5 Å². The van der Waals surface area contributed by atoms with E-state index >= 15 is 0 Å². The number of piperidine rings is 1. The van der Waals surface area contributed by atoms with Gasteiger partial charge in [0.05, 0.1) is 23.4 Å². The molecule has 0 unspecified atom stereocenters. The lowest BCUT2D eigenvalue weighted by Gasteiger charge is -2.40. The quantitative estimate of drug-likeness (QED) is 0.290. The number of rotatable bonds is 5. The first-order chi connectivity index (χ1) is 17.1. The largest absolute Gasteiger partial charge is 0.398 e. The van der Waals surface area contributed by atoms with Gasteiger partial charge in [-0.1, -0.05) is 19.4 Å². The number of carbonyl (C=O) groups excluding carboxylic acids is 1. The van der Waals surface area contributed by atoms with Crippen LogP contribution in [0.5, 0.6) is 0 Å². The molecule has 7 nitrogen and oxygen atoms in total. The van der Waals surface area contributed by atoms with Crippen LogP contribution in [-0.2, 0) is 4.74 Å². The molecule has 1 amide bonds. The minimum Gasteiger partial charge on any atom is -0.398 e. The van der Waals surface area contributed by atoms with Gasteiger partial charge in [0.15, 0.2) is 5.65 Å². The van der Waals surface area contributed by atoms with Gasteiger partial charge in [0.1, 0.15) is 16.5 Å². The van der Waals surface area contributed by atoms with Crippen molar-refractivity contribution in [2.75, 3.05) is 25.9 Å². The van der Waals surface area contributed by atoms with Crippen LogP contribution in [0.25, 0.3) is 11.2 Å². The molecule has 3 N–H and O–H groups in total. The molecular formula is C23H25F6N5O2S. The van der Waals surface area contributed by atoms with Crippen molar-refractivity contribution in [3.05, 3.63) is 47.2 Å². The first-order valence-electron chi connectivity index (χ1n) is 11.6. The number of carbonyl (C=O) groups is 1. The number of H-pyrrole nitrogens is 1. The smallest absolute Gasteiger partial charge is 0.310 e. The maximum atomic E-state index is 14.9. The fraction of sp³-hybridized carbons (Fsp3) is 0.435. The number of methoxy groups -OCH3 is 1. The molecule has 2 aliphatic rings. The first-order valence-corrected chi connectivity index (χ1v) is 13.6. The van der Waals surface area contributed by atoms with Gasteiger partial charge in [0.2, 0.25) is 0 Å². The number of nitrogens with zero attached hydrogens (tertiary/aromatic N) is 3. The number of ether oxygens (including phenoxy) is 1. The number of halogens is 6. The van der Waals surface area contributed by atoms with E-state index in [1.165, 1.54) is 4.90 Å². The van der Waals surface area contributed by atoms with Crippen LogP contribution in [0, 0.1) is 5.82 Å². The number of pyridine rings is 1. The summed E-state index contributed by atoms with van der Waals surface area (Å²) in [6.45, 7) is 0.350. The average Bonchev–Trinajstić information content (AvgIpc) is 3.20.